The third-order valence-corrected chi connectivity index (χ3v) is 4.91. The Hall–Kier alpha value is -2.25. The largest absolute Gasteiger partial charge is 0.380 e. The second-order valence-corrected chi connectivity index (χ2v) is 6.93. The van der Waals surface area contributed by atoms with Crippen molar-refractivity contribution < 1.29 is 9.53 Å². The van der Waals surface area contributed by atoms with Crippen LogP contribution in [0.15, 0.2) is 24.3 Å². The Morgan fingerprint density at radius 1 is 1.19 bits per heavy atom. The summed E-state index contributed by atoms with van der Waals surface area (Å²) in [7, 11) is 1.87. The first kappa shape index (κ1) is 19.5. The van der Waals surface area contributed by atoms with Gasteiger partial charge in [-0.2, -0.15) is 5.10 Å². The molecule has 27 heavy (non-hydrogen) atoms. The molecule has 0 saturated carbocycles. The average Bonchev–Trinajstić information content (AvgIpc) is 3.04. The van der Waals surface area contributed by atoms with Crippen LogP contribution >= 0.6 is 0 Å². The smallest absolute Gasteiger partial charge is 0.253 e. The van der Waals surface area contributed by atoms with E-state index in [2.05, 4.69) is 21.9 Å². The van der Waals surface area contributed by atoms with Crippen LogP contribution < -0.4 is 0 Å². The minimum Gasteiger partial charge on any atom is -0.380 e. The molecular weight excluding hydrogens is 342 g/mol. The molecule has 2 aromatic rings. The van der Waals surface area contributed by atoms with Crippen molar-refractivity contribution in [1.29, 1.82) is 0 Å². The summed E-state index contributed by atoms with van der Waals surface area (Å²) in [6, 6.07) is 7.60. The van der Waals surface area contributed by atoms with E-state index in [1.807, 2.05) is 43.1 Å². The Kier molecular flexibility index (Phi) is 6.58. The number of aryl methyl sites for hydroxylation is 2. The molecule has 2 heterocycles. The van der Waals surface area contributed by atoms with Crippen molar-refractivity contribution in [3.63, 3.8) is 0 Å². The predicted octanol–water partition coefficient (Wildman–Crippen LogP) is 1.97. The lowest BCUT2D eigenvalue weighted by molar-refractivity contribution is 0.0552. The molecule has 1 aliphatic heterocycles. The maximum absolute atomic E-state index is 12.9. The van der Waals surface area contributed by atoms with E-state index in [4.69, 9.17) is 4.74 Å². The average molecular weight is 371 g/mol. The number of hydrogen-bond donors (Lipinski definition) is 0. The van der Waals surface area contributed by atoms with Gasteiger partial charge in [-0.1, -0.05) is 19.1 Å². The van der Waals surface area contributed by atoms with Crippen LogP contribution in [0, 0.1) is 6.92 Å². The van der Waals surface area contributed by atoms with E-state index >= 15 is 0 Å². The zero-order valence-electron chi connectivity index (χ0n) is 16.5. The molecule has 3 rings (SSSR count). The fourth-order valence-electron chi connectivity index (χ4n) is 3.17. The van der Waals surface area contributed by atoms with Crippen LogP contribution in [0.4, 0.5) is 0 Å². The van der Waals surface area contributed by atoms with Gasteiger partial charge in [0.1, 0.15) is 5.82 Å². The fourth-order valence-corrected chi connectivity index (χ4v) is 3.17. The minimum atomic E-state index is 0.0754. The van der Waals surface area contributed by atoms with Gasteiger partial charge in [0.25, 0.3) is 5.91 Å². The highest BCUT2D eigenvalue weighted by atomic mass is 16.5. The first-order chi connectivity index (χ1) is 13.1. The van der Waals surface area contributed by atoms with Crippen LogP contribution in [0.2, 0.25) is 0 Å². The molecule has 1 saturated heterocycles. The molecule has 0 unspecified atom stereocenters. The summed E-state index contributed by atoms with van der Waals surface area (Å²) in [5.74, 6) is 1.58. The van der Waals surface area contributed by atoms with Gasteiger partial charge in [-0.05, 0) is 25.5 Å². The fraction of sp³-hybridized carbons (Fsp3) is 0.550. The maximum atomic E-state index is 12.9. The normalized spacial score (nSPS) is 15.3. The number of hydrogen-bond acceptors (Lipinski definition) is 5. The topological polar surface area (TPSA) is 63.5 Å². The van der Waals surface area contributed by atoms with E-state index < -0.39 is 0 Å². The van der Waals surface area contributed by atoms with Gasteiger partial charge in [0.15, 0.2) is 5.82 Å². The summed E-state index contributed by atoms with van der Waals surface area (Å²) in [5.41, 5.74) is 1.56. The molecular formula is C20H29N5O2. The summed E-state index contributed by atoms with van der Waals surface area (Å²) < 4.78 is 7.30. The third kappa shape index (κ3) is 4.93. The lowest BCUT2D eigenvalue weighted by Gasteiger charge is -2.34. The van der Waals surface area contributed by atoms with Crippen LogP contribution in [0.3, 0.4) is 0 Å². The number of aromatic nitrogens is 3. The van der Waals surface area contributed by atoms with Crippen LogP contribution in [-0.4, -0.2) is 76.4 Å². The Morgan fingerprint density at radius 2 is 1.96 bits per heavy atom. The number of carbonyl (C=O) groups excluding carboxylic acids is 1. The highest BCUT2D eigenvalue weighted by Gasteiger charge is 2.22. The monoisotopic (exact) mass is 371 g/mol. The van der Waals surface area contributed by atoms with Crippen molar-refractivity contribution >= 4 is 5.91 Å². The second kappa shape index (κ2) is 9.10. The molecule has 1 amide bonds. The number of piperazine rings is 1. The van der Waals surface area contributed by atoms with Crippen LogP contribution in [0.1, 0.15) is 29.5 Å². The number of benzene rings is 1. The zero-order valence-corrected chi connectivity index (χ0v) is 16.5. The maximum Gasteiger partial charge on any atom is 0.253 e. The number of ether oxygens (including phenoxy) is 1. The molecule has 1 fully saturated rings. The molecule has 0 aliphatic carbocycles. The van der Waals surface area contributed by atoms with Gasteiger partial charge in [-0.25, -0.2) is 4.98 Å². The summed E-state index contributed by atoms with van der Waals surface area (Å²) in [5, 5.41) is 4.41. The van der Waals surface area contributed by atoms with E-state index in [0.717, 1.165) is 63.7 Å². The van der Waals surface area contributed by atoms with Crippen molar-refractivity contribution in [2.45, 2.75) is 20.3 Å². The van der Waals surface area contributed by atoms with Gasteiger partial charge in [-0.3, -0.25) is 14.4 Å². The highest BCUT2D eigenvalue weighted by molar-refractivity contribution is 5.95. The summed E-state index contributed by atoms with van der Waals surface area (Å²) in [4.78, 5) is 21.6. The van der Waals surface area contributed by atoms with E-state index in [0.29, 0.717) is 11.4 Å². The molecule has 0 atom stereocenters. The molecule has 0 spiro atoms. The van der Waals surface area contributed by atoms with Gasteiger partial charge in [0, 0.05) is 57.5 Å². The molecule has 146 valence electrons. The minimum absolute atomic E-state index is 0.0754. The number of carbonyl (C=O) groups is 1. The highest BCUT2D eigenvalue weighted by Crippen LogP contribution is 2.18. The van der Waals surface area contributed by atoms with Gasteiger partial charge >= 0.3 is 0 Å². The second-order valence-electron chi connectivity index (χ2n) is 6.93. The van der Waals surface area contributed by atoms with Crippen LogP contribution in [0.5, 0.6) is 0 Å². The predicted molar refractivity (Wildman–Crippen MR) is 105 cm³/mol. The van der Waals surface area contributed by atoms with Crippen molar-refractivity contribution in [3.05, 3.63) is 35.7 Å². The van der Waals surface area contributed by atoms with Crippen LogP contribution in [-0.2, 0) is 11.8 Å². The third-order valence-electron chi connectivity index (χ3n) is 4.91. The Bertz CT molecular complexity index is 746. The number of amides is 1. The molecule has 1 aromatic heterocycles. The van der Waals surface area contributed by atoms with Crippen molar-refractivity contribution in [1.82, 2.24) is 24.6 Å². The van der Waals surface area contributed by atoms with E-state index in [-0.39, 0.29) is 5.91 Å². The quantitative estimate of drug-likeness (QED) is 0.697. The lowest BCUT2D eigenvalue weighted by Crippen LogP contribution is -2.49. The SMILES string of the molecule is CCCOCCN1CCN(C(=O)c2cccc(-c3nc(C)n(C)n3)c2)CC1. The number of rotatable bonds is 7. The van der Waals surface area contributed by atoms with E-state index in [1.54, 1.807) is 4.68 Å². The summed E-state index contributed by atoms with van der Waals surface area (Å²) in [6.45, 7) is 9.82. The van der Waals surface area contributed by atoms with Crippen molar-refractivity contribution in [2.24, 2.45) is 7.05 Å². The molecule has 0 radical (unpaired) electrons. The first-order valence-electron chi connectivity index (χ1n) is 9.66. The zero-order chi connectivity index (χ0) is 19.2. The lowest BCUT2D eigenvalue weighted by atomic mass is 10.1. The van der Waals surface area contributed by atoms with Gasteiger partial charge < -0.3 is 9.64 Å². The van der Waals surface area contributed by atoms with Crippen molar-refractivity contribution in [2.75, 3.05) is 45.9 Å². The van der Waals surface area contributed by atoms with Crippen molar-refractivity contribution in [3.8, 4) is 11.4 Å². The summed E-state index contributed by atoms with van der Waals surface area (Å²) in [6.07, 6.45) is 1.05. The Morgan fingerprint density at radius 3 is 2.63 bits per heavy atom. The molecule has 1 aliphatic rings. The Balaban J connectivity index is 1.58. The standard InChI is InChI=1S/C20H29N5O2/c1-4-13-27-14-12-24-8-10-25(11-9-24)20(26)18-7-5-6-17(15-18)19-21-16(2)23(3)22-19/h5-7,15H,4,8-14H2,1-3H3. The molecule has 7 nitrogen and oxygen atoms in total. The van der Waals surface area contributed by atoms with Gasteiger partial charge in [0.05, 0.1) is 6.61 Å². The molecule has 0 bridgehead atoms. The van der Waals surface area contributed by atoms with E-state index in [9.17, 15) is 4.79 Å². The van der Waals surface area contributed by atoms with E-state index in [1.165, 1.54) is 0 Å². The first-order valence-corrected chi connectivity index (χ1v) is 9.66. The Labute approximate surface area is 160 Å². The molecule has 0 N–H and O–H groups in total. The van der Waals surface area contributed by atoms with Gasteiger partial charge in [0.2, 0.25) is 0 Å². The molecule has 1 aromatic carbocycles. The van der Waals surface area contributed by atoms with Gasteiger partial charge in [-0.15, -0.1) is 0 Å². The number of nitrogens with zero attached hydrogens (tertiary/aromatic N) is 5. The molecule has 7 heteroatoms. The van der Waals surface area contributed by atoms with Crippen LogP contribution in [0.25, 0.3) is 11.4 Å². The summed E-state index contributed by atoms with van der Waals surface area (Å²) >= 11 is 0.